The number of nitrogens with zero attached hydrogens (tertiary/aromatic N) is 1. The molecule has 1 rings (SSSR count). The van der Waals surface area contributed by atoms with Crippen molar-refractivity contribution in [1.29, 1.82) is 0 Å². The average Bonchev–Trinajstić information content (AvgIpc) is 2.39. The first-order valence-electron chi connectivity index (χ1n) is 6.58. The van der Waals surface area contributed by atoms with E-state index in [9.17, 15) is 4.79 Å². The molecule has 0 spiro atoms. The summed E-state index contributed by atoms with van der Waals surface area (Å²) in [5.74, 6) is -0.00205. The lowest BCUT2D eigenvalue weighted by Crippen LogP contribution is -2.44. The fourth-order valence-electron chi connectivity index (χ4n) is 1.80. The van der Waals surface area contributed by atoms with E-state index in [2.05, 4.69) is 22.3 Å². The Morgan fingerprint density at radius 1 is 1.32 bits per heavy atom. The molecule has 0 aliphatic rings. The zero-order valence-corrected chi connectivity index (χ0v) is 12.3. The van der Waals surface area contributed by atoms with E-state index in [4.69, 9.17) is 5.73 Å². The first-order chi connectivity index (χ1) is 8.88. The molecule has 0 fully saturated rings. The predicted octanol–water partition coefficient (Wildman–Crippen LogP) is 1.39. The normalized spacial score (nSPS) is 13.4. The molecule has 0 aliphatic carbocycles. The van der Waals surface area contributed by atoms with Crippen LogP contribution < -0.4 is 11.1 Å². The second kappa shape index (κ2) is 6.68. The van der Waals surface area contributed by atoms with Crippen molar-refractivity contribution in [3.05, 3.63) is 35.9 Å². The Bertz CT molecular complexity index is 401. The van der Waals surface area contributed by atoms with Gasteiger partial charge in [-0.25, -0.2) is 0 Å². The predicted molar refractivity (Wildman–Crippen MR) is 78.7 cm³/mol. The average molecular weight is 263 g/mol. The van der Waals surface area contributed by atoms with E-state index in [1.54, 1.807) is 0 Å². The van der Waals surface area contributed by atoms with Gasteiger partial charge in [0.25, 0.3) is 0 Å². The summed E-state index contributed by atoms with van der Waals surface area (Å²) in [6.45, 7) is 4.64. The van der Waals surface area contributed by atoms with E-state index in [1.807, 2.05) is 46.1 Å². The number of hydrogen-bond donors (Lipinski definition) is 2. The minimum absolute atomic E-state index is 0.00205. The van der Waals surface area contributed by atoms with Gasteiger partial charge in [0, 0.05) is 13.1 Å². The van der Waals surface area contributed by atoms with Crippen LogP contribution in [-0.4, -0.2) is 38.0 Å². The molecule has 1 aromatic rings. The number of benzene rings is 1. The Hall–Kier alpha value is -1.39. The topological polar surface area (TPSA) is 58.4 Å². The summed E-state index contributed by atoms with van der Waals surface area (Å²) in [5.41, 5.74) is 6.29. The minimum Gasteiger partial charge on any atom is -0.354 e. The summed E-state index contributed by atoms with van der Waals surface area (Å²) in [6, 6.07) is 10.3. The molecule has 1 atom stereocenters. The maximum Gasteiger partial charge on any atom is 0.227 e. The van der Waals surface area contributed by atoms with Crippen molar-refractivity contribution < 1.29 is 4.79 Å². The Labute approximate surface area is 116 Å². The van der Waals surface area contributed by atoms with Crippen molar-refractivity contribution in [2.45, 2.75) is 19.9 Å². The molecule has 4 nitrogen and oxygen atoms in total. The SMILES string of the molecule is CN(C)C(CNC(=O)C(C)(C)CN)c1ccccc1. The van der Waals surface area contributed by atoms with E-state index in [0.29, 0.717) is 13.1 Å². The van der Waals surface area contributed by atoms with Gasteiger partial charge >= 0.3 is 0 Å². The Morgan fingerprint density at radius 2 is 1.89 bits per heavy atom. The largest absolute Gasteiger partial charge is 0.354 e. The highest BCUT2D eigenvalue weighted by Crippen LogP contribution is 2.18. The molecule has 0 aliphatic heterocycles. The molecule has 0 bridgehead atoms. The number of nitrogens with one attached hydrogen (secondary N) is 1. The zero-order chi connectivity index (χ0) is 14.5. The van der Waals surface area contributed by atoms with Crippen LogP contribution in [0, 0.1) is 5.41 Å². The lowest BCUT2D eigenvalue weighted by molar-refractivity contribution is -0.129. The number of carbonyl (C=O) groups is 1. The number of hydrogen-bond acceptors (Lipinski definition) is 3. The van der Waals surface area contributed by atoms with Gasteiger partial charge in [-0.15, -0.1) is 0 Å². The van der Waals surface area contributed by atoms with Crippen molar-refractivity contribution in [3.8, 4) is 0 Å². The molecule has 0 aromatic heterocycles. The Morgan fingerprint density at radius 3 is 2.37 bits per heavy atom. The molecule has 19 heavy (non-hydrogen) atoms. The van der Waals surface area contributed by atoms with Crippen molar-refractivity contribution in [3.63, 3.8) is 0 Å². The summed E-state index contributed by atoms with van der Waals surface area (Å²) in [5, 5.41) is 2.99. The molecule has 4 heteroatoms. The van der Waals surface area contributed by atoms with Crippen molar-refractivity contribution in [1.82, 2.24) is 10.2 Å². The third-order valence-corrected chi connectivity index (χ3v) is 3.39. The molecule has 3 N–H and O–H groups in total. The van der Waals surface area contributed by atoms with Crippen LogP contribution in [0.15, 0.2) is 30.3 Å². The molecular weight excluding hydrogens is 238 g/mol. The van der Waals surface area contributed by atoms with E-state index in [1.165, 1.54) is 5.56 Å². The standard InChI is InChI=1S/C15H25N3O/c1-15(2,11-16)14(19)17-10-13(18(3)4)12-8-6-5-7-9-12/h5-9,13H,10-11,16H2,1-4H3,(H,17,19). The highest BCUT2D eigenvalue weighted by atomic mass is 16.2. The van der Waals surface area contributed by atoms with Crippen LogP contribution in [0.25, 0.3) is 0 Å². The number of amides is 1. The van der Waals surface area contributed by atoms with Crippen molar-refractivity contribution in [2.75, 3.05) is 27.2 Å². The van der Waals surface area contributed by atoms with Gasteiger partial charge in [-0.3, -0.25) is 4.79 Å². The molecular formula is C15H25N3O. The molecule has 1 unspecified atom stereocenters. The molecule has 106 valence electrons. The third kappa shape index (κ3) is 4.33. The van der Waals surface area contributed by atoms with Gasteiger partial charge in [0.05, 0.1) is 11.5 Å². The van der Waals surface area contributed by atoms with Crippen LogP contribution in [0.1, 0.15) is 25.5 Å². The smallest absolute Gasteiger partial charge is 0.227 e. The second-order valence-corrected chi connectivity index (χ2v) is 5.69. The highest BCUT2D eigenvalue weighted by Gasteiger charge is 2.26. The van der Waals surface area contributed by atoms with Crippen LogP contribution in [0.3, 0.4) is 0 Å². The minimum atomic E-state index is -0.520. The highest BCUT2D eigenvalue weighted by molar-refractivity contribution is 5.82. The molecule has 1 amide bonds. The molecule has 0 saturated carbocycles. The van der Waals surface area contributed by atoms with E-state index >= 15 is 0 Å². The lowest BCUT2D eigenvalue weighted by Gasteiger charge is -2.28. The quantitative estimate of drug-likeness (QED) is 0.815. The van der Waals surface area contributed by atoms with E-state index < -0.39 is 5.41 Å². The Kier molecular flexibility index (Phi) is 5.51. The summed E-state index contributed by atoms with van der Waals surface area (Å²) >= 11 is 0. The number of likely N-dealkylation sites (N-methyl/N-ethyl adjacent to an activating group) is 1. The van der Waals surface area contributed by atoms with Crippen LogP contribution in [-0.2, 0) is 4.79 Å². The number of carbonyl (C=O) groups excluding carboxylic acids is 1. The fourth-order valence-corrected chi connectivity index (χ4v) is 1.80. The maximum atomic E-state index is 12.0. The first-order valence-corrected chi connectivity index (χ1v) is 6.58. The third-order valence-electron chi connectivity index (χ3n) is 3.39. The second-order valence-electron chi connectivity index (χ2n) is 5.69. The van der Waals surface area contributed by atoms with Crippen molar-refractivity contribution in [2.24, 2.45) is 11.1 Å². The van der Waals surface area contributed by atoms with Crippen LogP contribution in [0.4, 0.5) is 0 Å². The van der Waals surface area contributed by atoms with Crippen LogP contribution >= 0.6 is 0 Å². The summed E-state index contributed by atoms with van der Waals surface area (Å²) < 4.78 is 0. The summed E-state index contributed by atoms with van der Waals surface area (Å²) in [7, 11) is 4.02. The first kappa shape index (κ1) is 15.7. The molecule has 0 saturated heterocycles. The molecule has 0 radical (unpaired) electrons. The summed E-state index contributed by atoms with van der Waals surface area (Å²) in [4.78, 5) is 14.1. The van der Waals surface area contributed by atoms with Gasteiger partial charge in [-0.05, 0) is 33.5 Å². The van der Waals surface area contributed by atoms with Crippen LogP contribution in [0.2, 0.25) is 0 Å². The van der Waals surface area contributed by atoms with Crippen molar-refractivity contribution >= 4 is 5.91 Å². The van der Waals surface area contributed by atoms with Gasteiger partial charge in [0.2, 0.25) is 5.91 Å². The Balaban J connectivity index is 2.69. The van der Waals surface area contributed by atoms with Gasteiger partial charge in [-0.1, -0.05) is 30.3 Å². The maximum absolute atomic E-state index is 12.0. The van der Waals surface area contributed by atoms with Gasteiger partial charge in [0.1, 0.15) is 0 Å². The van der Waals surface area contributed by atoms with E-state index in [-0.39, 0.29) is 11.9 Å². The molecule has 1 aromatic carbocycles. The fraction of sp³-hybridized carbons (Fsp3) is 0.533. The summed E-state index contributed by atoms with van der Waals surface area (Å²) in [6.07, 6.45) is 0. The van der Waals surface area contributed by atoms with Gasteiger partial charge in [0.15, 0.2) is 0 Å². The van der Waals surface area contributed by atoms with Crippen LogP contribution in [0.5, 0.6) is 0 Å². The number of nitrogens with two attached hydrogens (primary N) is 1. The number of rotatable bonds is 6. The van der Waals surface area contributed by atoms with E-state index in [0.717, 1.165) is 0 Å². The van der Waals surface area contributed by atoms with Gasteiger partial charge < -0.3 is 16.0 Å². The zero-order valence-electron chi connectivity index (χ0n) is 12.3. The monoisotopic (exact) mass is 263 g/mol. The lowest BCUT2D eigenvalue weighted by atomic mass is 9.92. The molecule has 0 heterocycles. The van der Waals surface area contributed by atoms with Gasteiger partial charge in [-0.2, -0.15) is 0 Å².